The van der Waals surface area contributed by atoms with E-state index >= 15 is 0 Å². The van der Waals surface area contributed by atoms with E-state index in [0.29, 0.717) is 23.3 Å². The van der Waals surface area contributed by atoms with Crippen LogP contribution in [0, 0.1) is 18.6 Å². The zero-order chi connectivity index (χ0) is 24.5. The smallest absolute Gasteiger partial charge is 0.324 e. The zero-order valence-corrected chi connectivity index (χ0v) is 20.2. The van der Waals surface area contributed by atoms with E-state index in [2.05, 4.69) is 28.7 Å². The van der Waals surface area contributed by atoms with E-state index < -0.39 is 21.7 Å². The average Bonchev–Trinajstić information content (AvgIpc) is 3.10. The van der Waals surface area contributed by atoms with E-state index in [-0.39, 0.29) is 24.2 Å². The summed E-state index contributed by atoms with van der Waals surface area (Å²) in [4.78, 5) is 8.64. The Bertz CT molecular complexity index is 1340. The fraction of sp³-hybridized carbons (Fsp3) is 0.292. The molecule has 10 heteroatoms. The summed E-state index contributed by atoms with van der Waals surface area (Å²) in [5.41, 5.74) is 2.70. The van der Waals surface area contributed by atoms with Crippen molar-refractivity contribution in [2.24, 2.45) is 0 Å². The van der Waals surface area contributed by atoms with Crippen LogP contribution in [-0.4, -0.2) is 56.0 Å². The maximum absolute atomic E-state index is 14.1. The molecule has 34 heavy (non-hydrogen) atoms. The summed E-state index contributed by atoms with van der Waals surface area (Å²) in [6.07, 6.45) is 8.20. The van der Waals surface area contributed by atoms with E-state index in [0.717, 1.165) is 29.0 Å². The maximum atomic E-state index is 14.1. The molecule has 0 unspecified atom stereocenters. The third kappa shape index (κ3) is 5.45. The number of hydrogen-bond acceptors (Lipinski definition) is 6. The van der Waals surface area contributed by atoms with Crippen molar-refractivity contribution >= 4 is 21.1 Å². The number of phenols is 1. The number of halogens is 2. The molecule has 4 rings (SSSR count). The first-order valence-electron chi connectivity index (χ1n) is 10.5. The molecule has 0 aliphatic carbocycles. The Morgan fingerprint density at radius 3 is 2.59 bits per heavy atom. The monoisotopic (exact) mass is 488 g/mol. The Morgan fingerprint density at radius 1 is 1.09 bits per heavy atom. The molecule has 7 nitrogen and oxygen atoms in total. The van der Waals surface area contributed by atoms with Crippen LogP contribution in [0.25, 0.3) is 22.3 Å². The Kier molecular flexibility index (Phi) is 6.72. The van der Waals surface area contributed by atoms with E-state index in [1.165, 1.54) is 6.07 Å². The first-order valence-corrected chi connectivity index (χ1v) is 13.5. The Labute approximate surface area is 197 Å². The van der Waals surface area contributed by atoms with E-state index in [4.69, 9.17) is 14.6 Å². The summed E-state index contributed by atoms with van der Waals surface area (Å²) < 4.78 is 40.2. The van der Waals surface area contributed by atoms with Gasteiger partial charge in [-0.3, -0.25) is 0 Å². The number of nitrogens with zero attached hydrogens (tertiary/aromatic N) is 4. The standard InChI is InChI=1S/C24H26F2N4O3S/c1-15-11-17(31)6-7-18(15)22-19-13-27-24(33-21-8-5-16(25)12-20(21)26)28-23(19)30(29-22)14-32-9-10-34(2,3)4/h5-8,11-13,31H,9-10,14H2,1-4H3. The second kappa shape index (κ2) is 9.55. The quantitative estimate of drug-likeness (QED) is 0.341. The van der Waals surface area contributed by atoms with Crippen LogP contribution in [-0.2, 0) is 11.5 Å². The topological polar surface area (TPSA) is 82.3 Å². The zero-order valence-electron chi connectivity index (χ0n) is 19.4. The van der Waals surface area contributed by atoms with Gasteiger partial charge < -0.3 is 14.6 Å². The van der Waals surface area contributed by atoms with Crippen LogP contribution >= 0.6 is 10.0 Å². The summed E-state index contributed by atoms with van der Waals surface area (Å²) in [5, 5.41) is 15.1. The van der Waals surface area contributed by atoms with Gasteiger partial charge in [0.25, 0.3) is 0 Å². The lowest BCUT2D eigenvalue weighted by Gasteiger charge is -2.24. The molecule has 2 aromatic heterocycles. The molecule has 1 N–H and O–H groups in total. The van der Waals surface area contributed by atoms with E-state index in [1.54, 1.807) is 29.1 Å². The lowest BCUT2D eigenvalue weighted by atomic mass is 10.0. The molecule has 2 heterocycles. The minimum atomic E-state index is -0.856. The molecule has 0 radical (unpaired) electrons. The Balaban J connectivity index is 1.71. The van der Waals surface area contributed by atoms with Crippen LogP contribution in [0.1, 0.15) is 5.56 Å². The number of fused-ring (bicyclic) bond motifs is 1. The van der Waals surface area contributed by atoms with Crippen molar-refractivity contribution in [2.75, 3.05) is 31.1 Å². The molecular formula is C24H26F2N4O3S. The molecule has 0 fully saturated rings. The van der Waals surface area contributed by atoms with Gasteiger partial charge >= 0.3 is 6.01 Å². The summed E-state index contributed by atoms with van der Waals surface area (Å²) in [6, 6.07) is 7.92. The van der Waals surface area contributed by atoms with Gasteiger partial charge in [0.1, 0.15) is 24.0 Å². The van der Waals surface area contributed by atoms with Gasteiger partial charge in [-0.25, -0.2) is 28.5 Å². The van der Waals surface area contributed by atoms with Crippen molar-refractivity contribution in [2.45, 2.75) is 13.7 Å². The Morgan fingerprint density at radius 2 is 1.88 bits per heavy atom. The first kappa shape index (κ1) is 23.9. The highest BCUT2D eigenvalue weighted by Gasteiger charge is 2.18. The number of aromatic nitrogens is 4. The molecule has 0 aliphatic rings. The summed E-state index contributed by atoms with van der Waals surface area (Å²) in [7, 11) is -0.703. The van der Waals surface area contributed by atoms with Crippen molar-refractivity contribution in [3.63, 3.8) is 0 Å². The minimum absolute atomic E-state index is 0.104. The van der Waals surface area contributed by atoms with Gasteiger partial charge in [0, 0.05) is 23.6 Å². The van der Waals surface area contributed by atoms with Crippen LogP contribution < -0.4 is 4.74 Å². The third-order valence-electron chi connectivity index (χ3n) is 5.08. The minimum Gasteiger partial charge on any atom is -0.508 e. The van der Waals surface area contributed by atoms with Crippen LogP contribution in [0.5, 0.6) is 17.5 Å². The van der Waals surface area contributed by atoms with Crippen LogP contribution in [0.3, 0.4) is 0 Å². The maximum Gasteiger partial charge on any atom is 0.324 e. The van der Waals surface area contributed by atoms with E-state index in [9.17, 15) is 13.9 Å². The van der Waals surface area contributed by atoms with Gasteiger partial charge in [0.05, 0.1) is 12.0 Å². The number of aryl methyl sites for hydroxylation is 1. The first-order chi connectivity index (χ1) is 16.1. The van der Waals surface area contributed by atoms with Crippen LogP contribution in [0.15, 0.2) is 42.6 Å². The fourth-order valence-corrected chi connectivity index (χ4v) is 3.93. The number of rotatable bonds is 8. The number of phenolic OH excluding ortho intramolecular Hbond substituents is 1. The number of ether oxygens (including phenoxy) is 2. The molecule has 2 aromatic carbocycles. The van der Waals surface area contributed by atoms with Gasteiger partial charge in [0.15, 0.2) is 17.2 Å². The van der Waals surface area contributed by atoms with Gasteiger partial charge in [-0.15, -0.1) is 0 Å². The van der Waals surface area contributed by atoms with Gasteiger partial charge in [-0.1, -0.05) is 0 Å². The highest BCUT2D eigenvalue weighted by molar-refractivity contribution is 8.32. The Hall–Kier alpha value is -3.24. The van der Waals surface area contributed by atoms with Gasteiger partial charge in [0.2, 0.25) is 0 Å². The SMILES string of the molecule is Cc1cc(O)ccc1-c1nn(COCCS(C)(C)C)c2nc(Oc3ccc(F)cc3F)ncc12. The number of benzene rings is 2. The number of aromatic hydroxyl groups is 1. The normalized spacial score (nSPS) is 12.3. The van der Waals surface area contributed by atoms with Crippen LogP contribution in [0.2, 0.25) is 0 Å². The van der Waals surface area contributed by atoms with Crippen LogP contribution in [0.4, 0.5) is 8.78 Å². The van der Waals surface area contributed by atoms with E-state index in [1.807, 2.05) is 6.92 Å². The highest BCUT2D eigenvalue weighted by Crippen LogP contribution is 2.34. The van der Waals surface area contributed by atoms with Gasteiger partial charge in [-0.2, -0.15) is 10.1 Å². The van der Waals surface area contributed by atoms with Gasteiger partial charge in [-0.05, 0) is 61.6 Å². The number of hydrogen-bond donors (Lipinski definition) is 1. The van der Waals surface area contributed by atoms with Crippen molar-refractivity contribution in [3.05, 3.63) is 59.8 Å². The molecule has 0 saturated carbocycles. The van der Waals surface area contributed by atoms with Crippen molar-refractivity contribution in [3.8, 4) is 28.8 Å². The summed E-state index contributed by atoms with van der Waals surface area (Å²) >= 11 is 0. The molecule has 180 valence electrons. The summed E-state index contributed by atoms with van der Waals surface area (Å²) in [6.45, 7) is 2.60. The van der Waals surface area contributed by atoms with Crippen molar-refractivity contribution in [1.82, 2.24) is 19.7 Å². The molecular weight excluding hydrogens is 462 g/mol. The molecule has 0 aliphatic heterocycles. The van der Waals surface area contributed by atoms with Crippen molar-refractivity contribution < 1.29 is 23.4 Å². The molecule has 0 bridgehead atoms. The highest BCUT2D eigenvalue weighted by atomic mass is 32.3. The third-order valence-corrected chi connectivity index (χ3v) is 6.47. The average molecular weight is 489 g/mol. The lowest BCUT2D eigenvalue weighted by Crippen LogP contribution is -2.11. The fourth-order valence-electron chi connectivity index (χ4n) is 3.31. The predicted octanol–water partition coefficient (Wildman–Crippen LogP) is 5.25. The molecule has 0 amide bonds. The molecule has 0 spiro atoms. The molecule has 4 aromatic rings. The largest absolute Gasteiger partial charge is 0.508 e. The second-order valence-electron chi connectivity index (χ2n) is 8.75. The lowest BCUT2D eigenvalue weighted by molar-refractivity contribution is 0.0837. The molecule has 0 saturated heterocycles. The van der Waals surface area contributed by atoms with Crippen molar-refractivity contribution in [1.29, 1.82) is 0 Å². The molecule has 0 atom stereocenters. The predicted molar refractivity (Wildman–Crippen MR) is 130 cm³/mol. The summed E-state index contributed by atoms with van der Waals surface area (Å²) in [5.74, 6) is -0.645. The second-order valence-corrected chi connectivity index (χ2v) is 13.3.